The molecule has 0 saturated carbocycles. The highest BCUT2D eigenvalue weighted by Crippen LogP contribution is 2.25. The third kappa shape index (κ3) is 5.91. The minimum atomic E-state index is -3.11. The van der Waals surface area contributed by atoms with E-state index in [2.05, 4.69) is 5.32 Å². The van der Waals surface area contributed by atoms with E-state index < -0.39 is 10.0 Å². The van der Waals surface area contributed by atoms with Gasteiger partial charge in [0, 0.05) is 19.6 Å². The molecule has 0 radical (unpaired) electrons. The van der Waals surface area contributed by atoms with Crippen LogP contribution in [0, 0.1) is 0 Å². The Labute approximate surface area is 126 Å². The molecule has 0 aliphatic carbocycles. The van der Waals surface area contributed by atoms with Gasteiger partial charge in [0.2, 0.25) is 10.0 Å². The Bertz CT molecular complexity index is 546. The molecule has 0 bridgehead atoms. The number of rotatable bonds is 9. The van der Waals surface area contributed by atoms with Gasteiger partial charge < -0.3 is 15.2 Å². The molecular weight excluding hydrogens is 292 g/mol. The van der Waals surface area contributed by atoms with Gasteiger partial charge >= 0.3 is 0 Å². The van der Waals surface area contributed by atoms with Crippen molar-refractivity contribution in [1.29, 1.82) is 0 Å². The van der Waals surface area contributed by atoms with Crippen molar-refractivity contribution < 1.29 is 18.3 Å². The third-order valence-electron chi connectivity index (χ3n) is 3.16. The van der Waals surface area contributed by atoms with Crippen molar-refractivity contribution in [2.45, 2.75) is 19.9 Å². The summed E-state index contributed by atoms with van der Waals surface area (Å²) in [5.74, 6) is 0.566. The molecule has 1 aromatic carbocycles. The van der Waals surface area contributed by atoms with Gasteiger partial charge in [-0.3, -0.25) is 0 Å². The average Bonchev–Trinajstić information content (AvgIpc) is 2.41. The number of nitrogens with zero attached hydrogens (tertiary/aromatic N) is 1. The number of hydrogen-bond acceptors (Lipinski definition) is 5. The molecule has 0 atom stereocenters. The van der Waals surface area contributed by atoms with Crippen molar-refractivity contribution in [3.05, 3.63) is 23.8 Å². The molecule has 120 valence electrons. The molecule has 2 N–H and O–H groups in total. The van der Waals surface area contributed by atoms with Crippen LogP contribution in [0.25, 0.3) is 0 Å². The molecule has 0 aliphatic heterocycles. The second-order valence-corrected chi connectivity index (χ2v) is 6.77. The minimum absolute atomic E-state index is 0.117. The zero-order chi connectivity index (χ0) is 15.9. The van der Waals surface area contributed by atoms with Crippen molar-refractivity contribution in [1.82, 2.24) is 9.62 Å². The average molecular weight is 316 g/mol. The highest BCUT2D eigenvalue weighted by atomic mass is 32.2. The van der Waals surface area contributed by atoms with Gasteiger partial charge in [0.05, 0.1) is 13.4 Å². The lowest BCUT2D eigenvalue weighted by atomic mass is 10.2. The molecule has 0 amide bonds. The Balaban J connectivity index is 2.33. The lowest BCUT2D eigenvalue weighted by molar-refractivity contribution is 0.373. The van der Waals surface area contributed by atoms with Gasteiger partial charge in [-0.2, -0.15) is 0 Å². The fourth-order valence-corrected chi connectivity index (χ4v) is 2.95. The number of ether oxygens (including phenoxy) is 1. The highest BCUT2D eigenvalue weighted by Gasteiger charge is 2.12. The molecule has 21 heavy (non-hydrogen) atoms. The maximum absolute atomic E-state index is 11.4. The summed E-state index contributed by atoms with van der Waals surface area (Å²) in [5, 5.41) is 12.9. The molecule has 0 heterocycles. The Morgan fingerprint density at radius 3 is 2.62 bits per heavy atom. The van der Waals surface area contributed by atoms with Crippen molar-refractivity contribution in [3.63, 3.8) is 0 Å². The summed E-state index contributed by atoms with van der Waals surface area (Å²) in [5.41, 5.74) is 0.948. The number of methoxy groups -OCH3 is 1. The first kappa shape index (κ1) is 17.7. The molecule has 6 nitrogen and oxygen atoms in total. The summed E-state index contributed by atoms with van der Waals surface area (Å²) >= 11 is 0. The van der Waals surface area contributed by atoms with E-state index in [-0.39, 0.29) is 5.75 Å². The van der Waals surface area contributed by atoms with Crippen LogP contribution in [-0.4, -0.2) is 50.8 Å². The summed E-state index contributed by atoms with van der Waals surface area (Å²) in [6, 6.07) is 5.25. The summed E-state index contributed by atoms with van der Waals surface area (Å²) in [6.45, 7) is 4.15. The number of benzene rings is 1. The van der Waals surface area contributed by atoms with Crippen molar-refractivity contribution in [2.24, 2.45) is 0 Å². The van der Waals surface area contributed by atoms with Gasteiger partial charge in [-0.25, -0.2) is 12.7 Å². The van der Waals surface area contributed by atoms with Crippen LogP contribution in [0.5, 0.6) is 11.5 Å². The molecule has 1 rings (SSSR count). The summed E-state index contributed by atoms with van der Waals surface area (Å²) in [4.78, 5) is 0. The Morgan fingerprint density at radius 2 is 2.10 bits per heavy atom. The van der Waals surface area contributed by atoms with Gasteiger partial charge in [-0.1, -0.05) is 13.0 Å². The van der Waals surface area contributed by atoms with E-state index in [1.165, 1.54) is 17.7 Å². The van der Waals surface area contributed by atoms with Crippen LogP contribution < -0.4 is 10.1 Å². The standard InChI is InChI=1S/C14H24N2O4S/c1-4-16(21(3,18)19)9-5-8-15-11-12-6-7-14(20-2)13(17)10-12/h6-7,10,15,17H,4-5,8-9,11H2,1-3H3. The zero-order valence-electron chi connectivity index (χ0n) is 12.8. The SMILES string of the molecule is CCN(CCCNCc1ccc(OC)c(O)c1)S(C)(=O)=O. The summed E-state index contributed by atoms with van der Waals surface area (Å²) < 4.78 is 29.3. The fraction of sp³-hybridized carbons (Fsp3) is 0.571. The smallest absolute Gasteiger partial charge is 0.211 e. The van der Waals surface area contributed by atoms with Gasteiger partial charge in [0.1, 0.15) is 0 Å². The Morgan fingerprint density at radius 1 is 1.38 bits per heavy atom. The number of nitrogens with one attached hydrogen (secondary N) is 1. The highest BCUT2D eigenvalue weighted by molar-refractivity contribution is 7.88. The Kier molecular flexibility index (Phi) is 6.94. The van der Waals surface area contributed by atoms with E-state index in [0.717, 1.165) is 12.0 Å². The van der Waals surface area contributed by atoms with Crippen LogP contribution in [0.15, 0.2) is 18.2 Å². The minimum Gasteiger partial charge on any atom is -0.504 e. The van der Waals surface area contributed by atoms with Crippen LogP contribution in [0.2, 0.25) is 0 Å². The number of phenols is 1. The first-order chi connectivity index (χ1) is 9.88. The van der Waals surface area contributed by atoms with Crippen LogP contribution in [0.4, 0.5) is 0 Å². The molecule has 0 unspecified atom stereocenters. The van der Waals surface area contributed by atoms with Gasteiger partial charge in [-0.05, 0) is 30.7 Å². The largest absolute Gasteiger partial charge is 0.504 e. The van der Waals surface area contributed by atoms with E-state index >= 15 is 0 Å². The molecular formula is C14H24N2O4S. The van der Waals surface area contributed by atoms with Crippen LogP contribution in [0.1, 0.15) is 18.9 Å². The maximum Gasteiger partial charge on any atom is 0.211 e. The van der Waals surface area contributed by atoms with Crippen LogP contribution in [-0.2, 0) is 16.6 Å². The Hall–Kier alpha value is -1.31. The first-order valence-electron chi connectivity index (χ1n) is 6.90. The summed E-state index contributed by atoms with van der Waals surface area (Å²) in [6.07, 6.45) is 1.97. The lowest BCUT2D eigenvalue weighted by Gasteiger charge is -2.17. The molecule has 0 fully saturated rings. The van der Waals surface area contributed by atoms with Crippen LogP contribution >= 0.6 is 0 Å². The van der Waals surface area contributed by atoms with E-state index in [4.69, 9.17) is 4.74 Å². The van der Waals surface area contributed by atoms with E-state index in [9.17, 15) is 13.5 Å². The third-order valence-corrected chi connectivity index (χ3v) is 4.53. The van der Waals surface area contributed by atoms with E-state index in [1.807, 2.05) is 13.0 Å². The maximum atomic E-state index is 11.4. The predicted octanol–water partition coefficient (Wildman–Crippen LogP) is 1.16. The quantitative estimate of drug-likeness (QED) is 0.669. The molecule has 1 aromatic rings. The normalized spacial score (nSPS) is 11.8. The van der Waals surface area contributed by atoms with Gasteiger partial charge in [0.15, 0.2) is 11.5 Å². The predicted molar refractivity (Wildman–Crippen MR) is 83.1 cm³/mol. The molecule has 0 spiro atoms. The molecule has 0 aliphatic rings. The number of hydrogen-bond donors (Lipinski definition) is 2. The van der Waals surface area contributed by atoms with Gasteiger partial charge in [-0.15, -0.1) is 0 Å². The number of aromatic hydroxyl groups is 1. The molecule has 7 heteroatoms. The summed E-state index contributed by atoms with van der Waals surface area (Å²) in [7, 11) is -1.60. The number of phenolic OH excluding ortho intramolecular Hbond substituents is 1. The molecule has 0 saturated heterocycles. The zero-order valence-corrected chi connectivity index (χ0v) is 13.6. The second-order valence-electron chi connectivity index (χ2n) is 4.79. The van der Waals surface area contributed by atoms with Crippen LogP contribution in [0.3, 0.4) is 0 Å². The van der Waals surface area contributed by atoms with Gasteiger partial charge in [0.25, 0.3) is 0 Å². The van der Waals surface area contributed by atoms with Crippen molar-refractivity contribution >= 4 is 10.0 Å². The van der Waals surface area contributed by atoms with E-state index in [1.54, 1.807) is 12.1 Å². The fourth-order valence-electron chi connectivity index (χ4n) is 2.02. The van der Waals surface area contributed by atoms with Crippen molar-refractivity contribution in [3.8, 4) is 11.5 Å². The lowest BCUT2D eigenvalue weighted by Crippen LogP contribution is -2.32. The first-order valence-corrected chi connectivity index (χ1v) is 8.75. The van der Waals surface area contributed by atoms with Crippen molar-refractivity contribution in [2.75, 3.05) is 33.0 Å². The molecule has 0 aromatic heterocycles. The second kappa shape index (κ2) is 8.21. The topological polar surface area (TPSA) is 78.9 Å². The number of sulfonamides is 1. The monoisotopic (exact) mass is 316 g/mol. The van der Waals surface area contributed by atoms with E-state index in [0.29, 0.717) is 31.9 Å².